The third-order valence-corrected chi connectivity index (χ3v) is 2.18. The van der Waals surface area contributed by atoms with Crippen LogP contribution in [0.5, 0.6) is 0 Å². The molecule has 0 atom stereocenters. The first-order chi connectivity index (χ1) is 5.86. The van der Waals surface area contributed by atoms with E-state index in [4.69, 9.17) is 5.73 Å². The van der Waals surface area contributed by atoms with E-state index in [1.165, 1.54) is 0 Å². The van der Waals surface area contributed by atoms with E-state index < -0.39 is 0 Å². The van der Waals surface area contributed by atoms with Gasteiger partial charge >= 0.3 is 0 Å². The van der Waals surface area contributed by atoms with Crippen LogP contribution in [-0.2, 0) is 6.54 Å². The van der Waals surface area contributed by atoms with Gasteiger partial charge in [0.2, 0.25) is 0 Å². The Morgan fingerprint density at radius 3 is 3.08 bits per heavy atom. The van der Waals surface area contributed by atoms with Crippen LogP contribution in [0.1, 0.15) is 5.69 Å². The Morgan fingerprint density at radius 2 is 2.50 bits per heavy atom. The van der Waals surface area contributed by atoms with Crippen molar-refractivity contribution >= 4 is 17.2 Å². The van der Waals surface area contributed by atoms with Crippen molar-refractivity contribution in [3.05, 3.63) is 28.8 Å². The van der Waals surface area contributed by atoms with Crippen LogP contribution in [0, 0.1) is 0 Å². The number of aromatic nitrogens is 3. The molecule has 0 bridgehead atoms. The van der Waals surface area contributed by atoms with Crippen LogP contribution in [0.3, 0.4) is 0 Å². The van der Waals surface area contributed by atoms with E-state index in [9.17, 15) is 0 Å². The first kappa shape index (κ1) is 7.30. The number of rotatable bonds is 2. The van der Waals surface area contributed by atoms with Gasteiger partial charge in [-0.05, 0) is 6.07 Å². The molecule has 0 aromatic carbocycles. The maximum Gasteiger partial charge on any atom is 0.122 e. The van der Waals surface area contributed by atoms with Gasteiger partial charge in [0.05, 0.1) is 23.9 Å². The Bertz CT molecular complexity index is 351. The molecule has 0 saturated heterocycles. The van der Waals surface area contributed by atoms with Crippen molar-refractivity contribution in [3.8, 4) is 0 Å². The molecule has 2 aromatic rings. The predicted molar refractivity (Wildman–Crippen MR) is 47.9 cm³/mol. The molecule has 5 heteroatoms. The van der Waals surface area contributed by atoms with Crippen molar-refractivity contribution in [3.63, 3.8) is 0 Å². The Balaban J connectivity index is 2.20. The molecule has 0 fully saturated rings. The zero-order valence-electron chi connectivity index (χ0n) is 6.34. The van der Waals surface area contributed by atoms with Crippen LogP contribution >= 0.6 is 11.3 Å². The third kappa shape index (κ3) is 1.31. The summed E-state index contributed by atoms with van der Waals surface area (Å²) in [6.45, 7) is 0.655. The minimum Gasteiger partial charge on any atom is -0.384 e. The highest BCUT2D eigenvalue weighted by Crippen LogP contribution is 2.06. The van der Waals surface area contributed by atoms with Crippen molar-refractivity contribution in [2.75, 3.05) is 5.73 Å². The highest BCUT2D eigenvalue weighted by atomic mass is 32.1. The Morgan fingerprint density at radius 1 is 1.58 bits per heavy atom. The van der Waals surface area contributed by atoms with Crippen molar-refractivity contribution in [2.45, 2.75) is 6.54 Å². The molecule has 0 saturated carbocycles. The molecule has 2 rings (SSSR count). The second-order valence-corrected chi connectivity index (χ2v) is 3.11. The smallest absolute Gasteiger partial charge is 0.122 e. The number of nitrogens with zero attached hydrogens (tertiary/aromatic N) is 3. The molecular formula is C7H8N4S. The van der Waals surface area contributed by atoms with Crippen LogP contribution < -0.4 is 5.73 Å². The number of nitrogen functional groups attached to an aromatic ring is 1. The van der Waals surface area contributed by atoms with Gasteiger partial charge in [-0.3, -0.25) is 0 Å². The lowest BCUT2D eigenvalue weighted by molar-refractivity contribution is 0.686. The minimum absolute atomic E-state index is 0.655. The van der Waals surface area contributed by atoms with Crippen molar-refractivity contribution < 1.29 is 0 Å². The molecule has 0 aliphatic rings. The van der Waals surface area contributed by atoms with E-state index in [2.05, 4.69) is 10.1 Å². The lowest BCUT2D eigenvalue weighted by Gasteiger charge is -1.99. The fourth-order valence-corrected chi connectivity index (χ4v) is 1.49. The fourth-order valence-electron chi connectivity index (χ4n) is 0.944. The first-order valence-electron chi connectivity index (χ1n) is 3.50. The maximum absolute atomic E-state index is 5.63. The SMILES string of the molecule is Nc1ccnn1Cc1cscn1. The van der Waals surface area contributed by atoms with E-state index in [-0.39, 0.29) is 0 Å². The van der Waals surface area contributed by atoms with Gasteiger partial charge in [0.25, 0.3) is 0 Å². The molecule has 0 unspecified atom stereocenters. The lowest BCUT2D eigenvalue weighted by Crippen LogP contribution is -2.05. The number of anilines is 1. The summed E-state index contributed by atoms with van der Waals surface area (Å²) in [4.78, 5) is 4.13. The molecule has 12 heavy (non-hydrogen) atoms. The highest BCUT2D eigenvalue weighted by molar-refractivity contribution is 7.07. The standard InChI is InChI=1S/C7H8N4S/c8-7-1-2-10-11(7)3-6-4-12-5-9-6/h1-2,4-5H,3,8H2. The van der Waals surface area contributed by atoms with Crippen LogP contribution in [0.25, 0.3) is 0 Å². The van der Waals surface area contributed by atoms with Gasteiger partial charge in [0, 0.05) is 5.38 Å². The zero-order valence-corrected chi connectivity index (χ0v) is 7.16. The number of thiazole rings is 1. The molecule has 2 heterocycles. The largest absolute Gasteiger partial charge is 0.384 e. The summed E-state index contributed by atoms with van der Waals surface area (Å²) in [5, 5.41) is 6.03. The molecule has 2 aromatic heterocycles. The maximum atomic E-state index is 5.63. The van der Waals surface area contributed by atoms with Crippen LogP contribution in [0.15, 0.2) is 23.2 Å². The molecule has 0 spiro atoms. The molecule has 0 radical (unpaired) electrons. The normalized spacial score (nSPS) is 10.3. The van der Waals surface area contributed by atoms with Crippen molar-refractivity contribution in [1.82, 2.24) is 14.8 Å². The van der Waals surface area contributed by atoms with Crippen LogP contribution in [0.4, 0.5) is 5.82 Å². The highest BCUT2D eigenvalue weighted by Gasteiger charge is 1.99. The van der Waals surface area contributed by atoms with E-state index in [1.807, 2.05) is 5.38 Å². The summed E-state index contributed by atoms with van der Waals surface area (Å²) in [6, 6.07) is 1.77. The second-order valence-electron chi connectivity index (χ2n) is 2.39. The van der Waals surface area contributed by atoms with Gasteiger partial charge in [-0.15, -0.1) is 11.3 Å². The number of hydrogen-bond acceptors (Lipinski definition) is 4. The molecule has 62 valence electrons. The summed E-state index contributed by atoms with van der Waals surface area (Å²) >= 11 is 1.57. The van der Waals surface area contributed by atoms with Gasteiger partial charge in [0.1, 0.15) is 5.82 Å². The second kappa shape index (κ2) is 2.94. The predicted octanol–water partition coefficient (Wildman–Crippen LogP) is 0.970. The molecule has 2 N–H and O–H groups in total. The lowest BCUT2D eigenvalue weighted by atomic mass is 10.5. The monoisotopic (exact) mass is 180 g/mol. The van der Waals surface area contributed by atoms with Crippen molar-refractivity contribution in [2.24, 2.45) is 0 Å². The summed E-state index contributed by atoms with van der Waals surface area (Å²) in [5.41, 5.74) is 8.43. The zero-order chi connectivity index (χ0) is 8.39. The average molecular weight is 180 g/mol. The third-order valence-electron chi connectivity index (χ3n) is 1.54. The molecule has 4 nitrogen and oxygen atoms in total. The number of hydrogen-bond donors (Lipinski definition) is 1. The van der Waals surface area contributed by atoms with E-state index >= 15 is 0 Å². The van der Waals surface area contributed by atoms with Gasteiger partial charge in [0.15, 0.2) is 0 Å². The minimum atomic E-state index is 0.655. The fraction of sp³-hybridized carbons (Fsp3) is 0.143. The molecular weight excluding hydrogens is 172 g/mol. The van der Waals surface area contributed by atoms with E-state index in [0.29, 0.717) is 12.4 Å². The summed E-state index contributed by atoms with van der Waals surface area (Å²) in [7, 11) is 0. The molecule has 0 aliphatic carbocycles. The summed E-state index contributed by atoms with van der Waals surface area (Å²) in [5.74, 6) is 0.669. The van der Waals surface area contributed by atoms with Gasteiger partial charge in [-0.25, -0.2) is 9.67 Å². The number of nitrogens with two attached hydrogens (primary N) is 1. The molecule has 0 amide bonds. The Hall–Kier alpha value is -1.36. The van der Waals surface area contributed by atoms with Crippen LogP contribution in [-0.4, -0.2) is 14.8 Å². The van der Waals surface area contributed by atoms with Gasteiger partial charge in [-0.2, -0.15) is 5.10 Å². The topological polar surface area (TPSA) is 56.7 Å². The van der Waals surface area contributed by atoms with E-state index in [0.717, 1.165) is 5.69 Å². The molecule has 0 aliphatic heterocycles. The summed E-state index contributed by atoms with van der Waals surface area (Å²) in [6.07, 6.45) is 1.68. The quantitative estimate of drug-likeness (QED) is 0.749. The Labute approximate surface area is 73.7 Å². The van der Waals surface area contributed by atoms with Crippen molar-refractivity contribution in [1.29, 1.82) is 0 Å². The Kier molecular flexibility index (Phi) is 1.79. The average Bonchev–Trinajstić information content (AvgIpc) is 2.65. The van der Waals surface area contributed by atoms with Crippen LogP contribution in [0.2, 0.25) is 0 Å². The summed E-state index contributed by atoms with van der Waals surface area (Å²) < 4.78 is 1.72. The van der Waals surface area contributed by atoms with Gasteiger partial charge < -0.3 is 5.73 Å². The van der Waals surface area contributed by atoms with Gasteiger partial charge in [-0.1, -0.05) is 0 Å². The van der Waals surface area contributed by atoms with E-state index in [1.54, 1.807) is 33.8 Å². The first-order valence-corrected chi connectivity index (χ1v) is 4.45.